The lowest BCUT2D eigenvalue weighted by molar-refractivity contribution is -0.118. The average molecular weight is 297 g/mol. The highest BCUT2D eigenvalue weighted by atomic mass is 16.1. The molecule has 4 nitrogen and oxygen atoms in total. The number of nitriles is 1. The molecule has 4 heteroatoms. The van der Waals surface area contributed by atoms with Gasteiger partial charge in [-0.3, -0.25) is 4.79 Å². The molecule has 0 aromatic heterocycles. The lowest BCUT2D eigenvalue weighted by Gasteiger charge is -2.22. The lowest BCUT2D eigenvalue weighted by atomic mass is 9.95. The van der Waals surface area contributed by atoms with E-state index >= 15 is 0 Å². The Hall–Kier alpha value is -2.28. The van der Waals surface area contributed by atoms with Crippen molar-refractivity contribution in [1.29, 1.82) is 5.26 Å². The Morgan fingerprint density at radius 2 is 2.00 bits per heavy atom. The molecule has 22 heavy (non-hydrogen) atoms. The first-order valence-corrected chi connectivity index (χ1v) is 7.85. The summed E-state index contributed by atoms with van der Waals surface area (Å²) < 4.78 is 0. The van der Waals surface area contributed by atoms with Gasteiger partial charge in [-0.15, -0.1) is 0 Å². The molecule has 2 rings (SSSR count). The molecule has 0 saturated heterocycles. The van der Waals surface area contributed by atoms with Gasteiger partial charge in [0.2, 0.25) is 0 Å². The zero-order chi connectivity index (χ0) is 15.9. The minimum Gasteiger partial charge on any atom is -0.360 e. The first kappa shape index (κ1) is 16.1. The van der Waals surface area contributed by atoms with Crippen LogP contribution in [0.2, 0.25) is 0 Å². The van der Waals surface area contributed by atoms with Crippen molar-refractivity contribution < 1.29 is 4.79 Å². The Morgan fingerprint density at radius 3 is 2.68 bits per heavy atom. The smallest absolute Gasteiger partial charge is 0.263 e. The summed E-state index contributed by atoms with van der Waals surface area (Å²) in [5, 5.41) is 15.2. The van der Waals surface area contributed by atoms with Crippen LogP contribution in [0.3, 0.4) is 0 Å². The van der Waals surface area contributed by atoms with Crippen molar-refractivity contribution in [1.82, 2.24) is 5.32 Å². The SMILES string of the molecule is Cc1ccc(C)c(N/C=C(/C#N)C(=O)NC2CCCCC2)c1. The van der Waals surface area contributed by atoms with Crippen molar-refractivity contribution in [3.05, 3.63) is 41.1 Å². The summed E-state index contributed by atoms with van der Waals surface area (Å²) in [6.45, 7) is 4.00. The van der Waals surface area contributed by atoms with Crippen LogP contribution >= 0.6 is 0 Å². The maximum absolute atomic E-state index is 12.2. The highest BCUT2D eigenvalue weighted by Crippen LogP contribution is 2.18. The second-order valence-corrected chi connectivity index (χ2v) is 5.94. The Balaban J connectivity index is 2.02. The fourth-order valence-electron chi connectivity index (χ4n) is 2.70. The predicted octanol–water partition coefficient (Wildman–Crippen LogP) is 3.57. The third-order valence-corrected chi connectivity index (χ3v) is 4.07. The minimum absolute atomic E-state index is 0.117. The van der Waals surface area contributed by atoms with E-state index in [4.69, 9.17) is 0 Å². The van der Waals surface area contributed by atoms with Crippen LogP contribution in [0, 0.1) is 25.2 Å². The van der Waals surface area contributed by atoms with Gasteiger partial charge >= 0.3 is 0 Å². The monoisotopic (exact) mass is 297 g/mol. The highest BCUT2D eigenvalue weighted by molar-refractivity contribution is 5.97. The van der Waals surface area contributed by atoms with Gasteiger partial charge in [0.1, 0.15) is 11.6 Å². The zero-order valence-corrected chi connectivity index (χ0v) is 13.3. The van der Waals surface area contributed by atoms with Gasteiger partial charge in [0.25, 0.3) is 5.91 Å². The molecule has 2 N–H and O–H groups in total. The van der Waals surface area contributed by atoms with Gasteiger partial charge in [-0.2, -0.15) is 5.26 Å². The van der Waals surface area contributed by atoms with Crippen molar-refractivity contribution in [3.8, 4) is 6.07 Å². The third kappa shape index (κ3) is 4.36. The Labute approximate surface area is 132 Å². The van der Waals surface area contributed by atoms with Crippen molar-refractivity contribution in [3.63, 3.8) is 0 Å². The van der Waals surface area contributed by atoms with Crippen LogP contribution in [0.25, 0.3) is 0 Å². The first-order valence-electron chi connectivity index (χ1n) is 7.85. The molecule has 1 aliphatic carbocycles. The van der Waals surface area contributed by atoms with E-state index in [2.05, 4.69) is 10.6 Å². The van der Waals surface area contributed by atoms with Gasteiger partial charge < -0.3 is 10.6 Å². The van der Waals surface area contributed by atoms with Crippen LogP contribution in [0.4, 0.5) is 5.69 Å². The Bertz CT molecular complexity index is 607. The largest absolute Gasteiger partial charge is 0.360 e. The average Bonchev–Trinajstić information content (AvgIpc) is 2.52. The van der Waals surface area contributed by atoms with Gasteiger partial charge in [-0.25, -0.2) is 0 Å². The molecule has 116 valence electrons. The molecule has 0 radical (unpaired) electrons. The second-order valence-electron chi connectivity index (χ2n) is 5.94. The van der Waals surface area contributed by atoms with E-state index < -0.39 is 0 Å². The Kier molecular flexibility index (Phi) is 5.60. The number of carbonyl (C=O) groups is 1. The summed E-state index contributed by atoms with van der Waals surface area (Å²) >= 11 is 0. The summed E-state index contributed by atoms with van der Waals surface area (Å²) in [6, 6.07) is 8.24. The molecule has 0 unspecified atom stereocenters. The van der Waals surface area contributed by atoms with Crippen molar-refractivity contribution in [2.45, 2.75) is 52.0 Å². The number of nitrogens with one attached hydrogen (secondary N) is 2. The summed E-state index contributed by atoms with van der Waals surface area (Å²) in [5.41, 5.74) is 3.24. The standard InChI is InChI=1S/C18H23N3O/c1-13-8-9-14(2)17(10-13)20-12-15(11-19)18(22)21-16-6-4-3-5-7-16/h8-10,12,16,20H,3-7H2,1-2H3,(H,21,22)/b15-12-. The van der Waals surface area contributed by atoms with Crippen molar-refractivity contribution >= 4 is 11.6 Å². The van der Waals surface area contributed by atoms with Crippen LogP contribution in [0.15, 0.2) is 30.0 Å². The number of hydrogen-bond donors (Lipinski definition) is 2. The number of benzene rings is 1. The van der Waals surface area contributed by atoms with Gasteiger partial charge in [0.15, 0.2) is 0 Å². The summed E-state index contributed by atoms with van der Waals surface area (Å²) in [7, 11) is 0. The van der Waals surface area contributed by atoms with Gasteiger partial charge in [-0.1, -0.05) is 31.4 Å². The number of nitrogens with zero attached hydrogens (tertiary/aromatic N) is 1. The summed E-state index contributed by atoms with van der Waals surface area (Å²) in [5.74, 6) is -0.285. The second kappa shape index (κ2) is 7.65. The quantitative estimate of drug-likeness (QED) is 0.659. The molecule has 1 fully saturated rings. The fraction of sp³-hybridized carbons (Fsp3) is 0.444. The lowest BCUT2D eigenvalue weighted by Crippen LogP contribution is -2.37. The van der Waals surface area contributed by atoms with Crippen LogP contribution in [0.5, 0.6) is 0 Å². The number of carbonyl (C=O) groups excluding carboxylic acids is 1. The molecule has 1 amide bonds. The van der Waals surface area contributed by atoms with E-state index in [-0.39, 0.29) is 17.5 Å². The third-order valence-electron chi connectivity index (χ3n) is 4.07. The van der Waals surface area contributed by atoms with Crippen molar-refractivity contribution in [2.75, 3.05) is 5.32 Å². The molecule has 0 spiro atoms. The maximum atomic E-state index is 12.2. The molecule has 1 saturated carbocycles. The normalized spacial score (nSPS) is 16.0. The molecule has 0 aliphatic heterocycles. The van der Waals surface area contributed by atoms with Crippen LogP contribution < -0.4 is 10.6 Å². The van der Waals surface area contributed by atoms with E-state index in [1.807, 2.05) is 38.1 Å². The summed E-state index contributed by atoms with van der Waals surface area (Å²) in [4.78, 5) is 12.2. The van der Waals surface area contributed by atoms with E-state index in [9.17, 15) is 10.1 Å². The molecule has 0 heterocycles. The number of anilines is 1. The minimum atomic E-state index is -0.285. The van der Waals surface area contributed by atoms with Gasteiger partial charge in [0.05, 0.1) is 0 Å². The molecular formula is C18H23N3O. The van der Waals surface area contributed by atoms with Crippen LogP contribution in [-0.2, 0) is 4.79 Å². The van der Waals surface area contributed by atoms with E-state index in [0.717, 1.165) is 42.5 Å². The number of rotatable bonds is 4. The molecule has 0 bridgehead atoms. The number of hydrogen-bond acceptors (Lipinski definition) is 3. The molecule has 1 aromatic rings. The van der Waals surface area contributed by atoms with Gasteiger partial charge in [-0.05, 0) is 43.9 Å². The first-order chi connectivity index (χ1) is 10.6. The maximum Gasteiger partial charge on any atom is 0.263 e. The number of amides is 1. The fourth-order valence-corrected chi connectivity index (χ4v) is 2.70. The molecule has 1 aromatic carbocycles. The highest BCUT2D eigenvalue weighted by Gasteiger charge is 2.18. The predicted molar refractivity (Wildman–Crippen MR) is 88.3 cm³/mol. The van der Waals surface area contributed by atoms with E-state index in [1.165, 1.54) is 12.6 Å². The van der Waals surface area contributed by atoms with Gasteiger partial charge in [0, 0.05) is 17.9 Å². The molecule has 0 atom stereocenters. The topological polar surface area (TPSA) is 64.9 Å². The van der Waals surface area contributed by atoms with E-state index in [0.29, 0.717) is 0 Å². The zero-order valence-electron chi connectivity index (χ0n) is 13.3. The number of aryl methyl sites for hydroxylation is 2. The summed E-state index contributed by atoms with van der Waals surface area (Å²) in [6.07, 6.45) is 7.06. The van der Waals surface area contributed by atoms with Crippen molar-refractivity contribution in [2.24, 2.45) is 0 Å². The van der Waals surface area contributed by atoms with E-state index in [1.54, 1.807) is 0 Å². The molecular weight excluding hydrogens is 274 g/mol. The van der Waals surface area contributed by atoms with Crippen LogP contribution in [0.1, 0.15) is 43.2 Å². The molecule has 1 aliphatic rings. The van der Waals surface area contributed by atoms with Crippen LogP contribution in [-0.4, -0.2) is 11.9 Å². The Morgan fingerprint density at radius 1 is 1.27 bits per heavy atom.